The monoisotopic (exact) mass is 305 g/mol. The number of hydrogen-bond acceptors (Lipinski definition) is 3. The molecule has 0 spiro atoms. The Morgan fingerprint density at radius 1 is 1.57 bits per heavy atom. The number of aliphatic carboxylic acids is 1. The molecule has 0 radical (unpaired) electrons. The lowest BCUT2D eigenvalue weighted by Crippen LogP contribution is -2.46. The first kappa shape index (κ1) is 15.8. The maximum Gasteiger partial charge on any atom is 0.435 e. The van der Waals surface area contributed by atoms with Gasteiger partial charge in [-0.1, -0.05) is 6.92 Å². The maximum atomic E-state index is 12.6. The van der Waals surface area contributed by atoms with E-state index in [1.807, 2.05) is 4.90 Å². The average molecular weight is 305 g/mol. The second-order valence-corrected chi connectivity index (χ2v) is 5.23. The highest BCUT2D eigenvalue weighted by atomic mass is 19.4. The minimum Gasteiger partial charge on any atom is -0.480 e. The van der Waals surface area contributed by atoms with Crippen molar-refractivity contribution in [1.82, 2.24) is 14.7 Å². The molecule has 8 heteroatoms. The molecular formula is C13H18F3N3O2. The molecule has 0 amide bonds. The number of alkyl halides is 3. The van der Waals surface area contributed by atoms with Crippen LogP contribution in [0.2, 0.25) is 0 Å². The smallest absolute Gasteiger partial charge is 0.435 e. The van der Waals surface area contributed by atoms with Crippen molar-refractivity contribution in [3.05, 3.63) is 18.0 Å². The Labute approximate surface area is 120 Å². The first-order valence-corrected chi connectivity index (χ1v) is 6.92. The molecule has 0 aromatic carbocycles. The summed E-state index contributed by atoms with van der Waals surface area (Å²) < 4.78 is 39.0. The van der Waals surface area contributed by atoms with E-state index in [1.165, 1.54) is 10.9 Å². The van der Waals surface area contributed by atoms with Crippen LogP contribution in [0, 0.1) is 0 Å². The normalized spacial score (nSPS) is 22.2. The van der Waals surface area contributed by atoms with Gasteiger partial charge in [-0.2, -0.15) is 18.3 Å². The zero-order valence-corrected chi connectivity index (χ0v) is 11.7. The number of carbonyl (C=O) groups is 1. The van der Waals surface area contributed by atoms with E-state index in [9.17, 15) is 23.1 Å². The molecule has 2 unspecified atom stereocenters. The summed E-state index contributed by atoms with van der Waals surface area (Å²) in [7, 11) is 0. The van der Waals surface area contributed by atoms with Gasteiger partial charge < -0.3 is 5.11 Å². The van der Waals surface area contributed by atoms with E-state index < -0.39 is 23.9 Å². The summed E-state index contributed by atoms with van der Waals surface area (Å²) in [6.45, 7) is 2.84. The van der Waals surface area contributed by atoms with Crippen LogP contribution in [0.15, 0.2) is 12.3 Å². The lowest BCUT2D eigenvalue weighted by molar-refractivity contribution is -0.144. The van der Waals surface area contributed by atoms with Crippen molar-refractivity contribution in [1.29, 1.82) is 0 Å². The first-order chi connectivity index (χ1) is 9.82. The van der Waals surface area contributed by atoms with E-state index in [0.29, 0.717) is 25.9 Å². The van der Waals surface area contributed by atoms with Crippen LogP contribution in [-0.4, -0.2) is 44.9 Å². The molecule has 0 saturated carbocycles. The Morgan fingerprint density at radius 2 is 2.29 bits per heavy atom. The summed E-state index contributed by atoms with van der Waals surface area (Å²) in [5.41, 5.74) is -0.912. The van der Waals surface area contributed by atoms with Crippen molar-refractivity contribution in [2.24, 2.45) is 0 Å². The number of aromatic nitrogens is 2. The molecule has 2 atom stereocenters. The van der Waals surface area contributed by atoms with Crippen LogP contribution in [0.25, 0.3) is 0 Å². The van der Waals surface area contributed by atoms with Crippen LogP contribution in [0.3, 0.4) is 0 Å². The van der Waals surface area contributed by atoms with Crippen LogP contribution in [-0.2, 0) is 11.0 Å². The number of hydrogen-bond donors (Lipinski definition) is 1. The highest BCUT2D eigenvalue weighted by Crippen LogP contribution is 2.29. The molecule has 1 aromatic rings. The molecule has 1 saturated heterocycles. The van der Waals surface area contributed by atoms with Crippen molar-refractivity contribution in [2.45, 2.75) is 44.4 Å². The van der Waals surface area contributed by atoms with Gasteiger partial charge in [-0.25, -0.2) is 0 Å². The largest absolute Gasteiger partial charge is 0.480 e. The van der Waals surface area contributed by atoms with Gasteiger partial charge in [-0.3, -0.25) is 14.4 Å². The number of rotatable bonds is 4. The fourth-order valence-corrected chi connectivity index (χ4v) is 2.76. The van der Waals surface area contributed by atoms with Crippen LogP contribution >= 0.6 is 0 Å². The summed E-state index contributed by atoms with van der Waals surface area (Å²) in [5.74, 6) is -0.894. The number of carboxylic acids is 1. The van der Waals surface area contributed by atoms with Gasteiger partial charge in [-0.15, -0.1) is 0 Å². The predicted octanol–water partition coefficient (Wildman–Crippen LogP) is 2.40. The lowest BCUT2D eigenvalue weighted by atomic mass is 10.0. The number of halogens is 3. The summed E-state index contributed by atoms with van der Waals surface area (Å²) >= 11 is 0. The Hall–Kier alpha value is -1.57. The van der Waals surface area contributed by atoms with Crippen LogP contribution in [0.4, 0.5) is 13.2 Å². The molecule has 2 rings (SSSR count). The van der Waals surface area contributed by atoms with Crippen molar-refractivity contribution in [3.63, 3.8) is 0 Å². The lowest BCUT2D eigenvalue weighted by Gasteiger charge is -2.36. The third kappa shape index (κ3) is 3.55. The standard InChI is InChI=1S/C13H18F3N3O2/c1-2-10(12(20)21)18-6-3-4-9(8-18)19-7-5-11(17-19)13(14,15)16/h5,7,9-10H,2-4,6,8H2,1H3,(H,20,21). The molecule has 1 fully saturated rings. The average Bonchev–Trinajstić information content (AvgIpc) is 2.89. The Morgan fingerprint density at radius 3 is 2.81 bits per heavy atom. The Bertz CT molecular complexity index is 501. The topological polar surface area (TPSA) is 58.4 Å². The van der Waals surface area contributed by atoms with E-state index in [4.69, 9.17) is 0 Å². The summed E-state index contributed by atoms with van der Waals surface area (Å²) in [5, 5.41) is 12.8. The van der Waals surface area contributed by atoms with E-state index in [1.54, 1.807) is 6.92 Å². The Kier molecular flexibility index (Phi) is 4.55. The molecule has 1 aliphatic heterocycles. The SMILES string of the molecule is CCC(C(=O)O)N1CCCC(n2ccc(C(F)(F)F)n2)C1. The van der Waals surface area contributed by atoms with Crippen molar-refractivity contribution >= 4 is 5.97 Å². The number of carboxylic acid groups (broad SMARTS) is 1. The number of piperidine rings is 1. The first-order valence-electron chi connectivity index (χ1n) is 6.92. The summed E-state index contributed by atoms with van der Waals surface area (Å²) in [6, 6.07) is 0.140. The zero-order valence-electron chi connectivity index (χ0n) is 11.7. The van der Waals surface area contributed by atoms with Gasteiger partial charge in [0.25, 0.3) is 0 Å². The molecule has 21 heavy (non-hydrogen) atoms. The van der Waals surface area contributed by atoms with Crippen LogP contribution < -0.4 is 0 Å². The van der Waals surface area contributed by atoms with Crippen LogP contribution in [0.1, 0.15) is 37.9 Å². The highest BCUT2D eigenvalue weighted by molar-refractivity contribution is 5.73. The molecule has 5 nitrogen and oxygen atoms in total. The fraction of sp³-hybridized carbons (Fsp3) is 0.692. The van der Waals surface area contributed by atoms with Gasteiger partial charge in [0.05, 0.1) is 6.04 Å². The molecule has 1 N–H and O–H groups in total. The molecule has 1 aromatic heterocycles. The maximum absolute atomic E-state index is 12.6. The number of likely N-dealkylation sites (tertiary alicyclic amines) is 1. The minimum absolute atomic E-state index is 0.219. The van der Waals surface area contributed by atoms with Gasteiger partial charge in [0.1, 0.15) is 6.04 Å². The molecule has 1 aliphatic rings. The fourth-order valence-electron chi connectivity index (χ4n) is 2.76. The third-order valence-corrected chi connectivity index (χ3v) is 3.81. The molecule has 118 valence electrons. The summed E-state index contributed by atoms with van der Waals surface area (Å²) in [6.07, 6.45) is -1.22. The summed E-state index contributed by atoms with van der Waals surface area (Å²) in [4.78, 5) is 13.0. The quantitative estimate of drug-likeness (QED) is 0.928. The second-order valence-electron chi connectivity index (χ2n) is 5.23. The third-order valence-electron chi connectivity index (χ3n) is 3.81. The predicted molar refractivity (Wildman–Crippen MR) is 68.8 cm³/mol. The van der Waals surface area contributed by atoms with Crippen LogP contribution in [0.5, 0.6) is 0 Å². The van der Waals surface area contributed by atoms with E-state index in [2.05, 4.69) is 5.10 Å². The van der Waals surface area contributed by atoms with Gasteiger partial charge in [0.2, 0.25) is 0 Å². The molecule has 0 aliphatic carbocycles. The Balaban J connectivity index is 2.10. The van der Waals surface area contributed by atoms with Gasteiger partial charge in [0.15, 0.2) is 5.69 Å². The molecular weight excluding hydrogens is 287 g/mol. The molecule has 2 heterocycles. The highest BCUT2D eigenvalue weighted by Gasteiger charge is 2.35. The number of nitrogens with zero attached hydrogens (tertiary/aromatic N) is 3. The van der Waals surface area contributed by atoms with Crippen molar-refractivity contribution in [3.8, 4) is 0 Å². The molecule has 0 bridgehead atoms. The second kappa shape index (κ2) is 6.05. The van der Waals surface area contributed by atoms with Gasteiger partial charge in [-0.05, 0) is 31.9 Å². The van der Waals surface area contributed by atoms with E-state index in [-0.39, 0.29) is 6.04 Å². The minimum atomic E-state index is -4.45. The van der Waals surface area contributed by atoms with Crippen molar-refractivity contribution < 1.29 is 23.1 Å². The van der Waals surface area contributed by atoms with Gasteiger partial charge >= 0.3 is 12.1 Å². The van der Waals surface area contributed by atoms with Crippen molar-refractivity contribution in [2.75, 3.05) is 13.1 Å². The zero-order chi connectivity index (χ0) is 15.6. The van der Waals surface area contributed by atoms with E-state index in [0.717, 1.165) is 12.5 Å². The van der Waals surface area contributed by atoms with Gasteiger partial charge in [0, 0.05) is 12.7 Å². The van der Waals surface area contributed by atoms with E-state index >= 15 is 0 Å².